The maximum atomic E-state index is 8.64. The summed E-state index contributed by atoms with van der Waals surface area (Å²) in [6.07, 6.45) is 2.10. The van der Waals surface area contributed by atoms with Gasteiger partial charge in [0.2, 0.25) is 0 Å². The third-order valence-corrected chi connectivity index (χ3v) is 3.57. The van der Waals surface area contributed by atoms with E-state index >= 15 is 0 Å². The van der Waals surface area contributed by atoms with E-state index in [0.717, 1.165) is 18.6 Å². The van der Waals surface area contributed by atoms with Crippen LogP contribution in [-0.4, -0.2) is 10.9 Å². The fourth-order valence-corrected chi connectivity index (χ4v) is 2.65. The number of nitrogens with zero attached hydrogens (tertiary/aromatic N) is 1. The maximum absolute atomic E-state index is 8.64. The Labute approximate surface area is 75.5 Å². The van der Waals surface area contributed by atoms with Crippen LogP contribution in [-0.2, 0) is 0 Å². The van der Waals surface area contributed by atoms with Crippen LogP contribution in [0.4, 0.5) is 0 Å². The molecule has 0 spiro atoms. The van der Waals surface area contributed by atoms with Crippen molar-refractivity contribution >= 4 is 17.0 Å². The van der Waals surface area contributed by atoms with Gasteiger partial charge in [0.1, 0.15) is 0 Å². The van der Waals surface area contributed by atoms with Gasteiger partial charge in [-0.25, -0.2) is 0 Å². The Morgan fingerprint density at radius 2 is 2.50 bits per heavy atom. The standard InChI is InChI=1S/C9H11NOS/c1-6-4-5-12-9(6)7-2-3-8(7)10-11/h4-5,7,11H,2-3H2,1H3/b10-8-. The smallest absolute Gasteiger partial charge is 0.0654 e. The van der Waals surface area contributed by atoms with E-state index < -0.39 is 0 Å². The quantitative estimate of drug-likeness (QED) is 0.524. The lowest BCUT2D eigenvalue weighted by Crippen LogP contribution is -2.23. The molecule has 0 bridgehead atoms. The van der Waals surface area contributed by atoms with Crippen LogP contribution >= 0.6 is 11.3 Å². The van der Waals surface area contributed by atoms with Gasteiger partial charge < -0.3 is 5.21 Å². The van der Waals surface area contributed by atoms with Gasteiger partial charge in [-0.05, 0) is 36.8 Å². The second-order valence-corrected chi connectivity index (χ2v) is 4.10. The van der Waals surface area contributed by atoms with Crippen molar-refractivity contribution in [3.8, 4) is 0 Å². The second-order valence-electron chi connectivity index (χ2n) is 3.15. The first-order valence-electron chi connectivity index (χ1n) is 4.07. The Bertz CT molecular complexity index is 316. The lowest BCUT2D eigenvalue weighted by atomic mass is 9.81. The van der Waals surface area contributed by atoms with Gasteiger partial charge in [-0.15, -0.1) is 11.3 Å². The van der Waals surface area contributed by atoms with Crippen molar-refractivity contribution in [2.75, 3.05) is 0 Å². The lowest BCUT2D eigenvalue weighted by Gasteiger charge is -2.26. The minimum Gasteiger partial charge on any atom is -0.411 e. The van der Waals surface area contributed by atoms with Crippen LogP contribution in [0.2, 0.25) is 0 Å². The van der Waals surface area contributed by atoms with Crippen molar-refractivity contribution in [1.29, 1.82) is 0 Å². The van der Waals surface area contributed by atoms with Crippen molar-refractivity contribution in [3.05, 3.63) is 21.9 Å². The first-order valence-corrected chi connectivity index (χ1v) is 4.95. The zero-order valence-corrected chi connectivity index (χ0v) is 7.77. The van der Waals surface area contributed by atoms with Crippen LogP contribution in [0.5, 0.6) is 0 Å². The fraction of sp³-hybridized carbons (Fsp3) is 0.444. The molecule has 1 fully saturated rings. The molecular formula is C9H11NOS. The average Bonchev–Trinajstić information content (AvgIpc) is 2.36. The van der Waals surface area contributed by atoms with Crippen molar-refractivity contribution < 1.29 is 5.21 Å². The van der Waals surface area contributed by atoms with Crippen LogP contribution in [0.1, 0.15) is 29.2 Å². The van der Waals surface area contributed by atoms with Crippen molar-refractivity contribution in [1.82, 2.24) is 0 Å². The van der Waals surface area contributed by atoms with Gasteiger partial charge in [-0.3, -0.25) is 0 Å². The number of aryl methyl sites for hydroxylation is 1. The van der Waals surface area contributed by atoms with Gasteiger partial charge in [0, 0.05) is 10.8 Å². The minimum atomic E-state index is 0.412. The zero-order chi connectivity index (χ0) is 8.55. The monoisotopic (exact) mass is 181 g/mol. The minimum absolute atomic E-state index is 0.412. The molecule has 1 aromatic rings. The van der Waals surface area contributed by atoms with Gasteiger partial charge in [-0.2, -0.15) is 0 Å². The molecule has 1 aliphatic carbocycles. The summed E-state index contributed by atoms with van der Waals surface area (Å²) in [4.78, 5) is 1.37. The van der Waals surface area contributed by atoms with E-state index in [1.165, 1.54) is 10.4 Å². The van der Waals surface area contributed by atoms with Gasteiger partial charge in [-0.1, -0.05) is 5.16 Å². The highest BCUT2D eigenvalue weighted by Gasteiger charge is 2.29. The summed E-state index contributed by atoms with van der Waals surface area (Å²) < 4.78 is 0. The summed E-state index contributed by atoms with van der Waals surface area (Å²) in [6.45, 7) is 2.11. The van der Waals surface area contributed by atoms with Gasteiger partial charge in [0.05, 0.1) is 5.71 Å². The maximum Gasteiger partial charge on any atom is 0.0654 e. The fourth-order valence-electron chi connectivity index (χ4n) is 1.56. The number of rotatable bonds is 1. The highest BCUT2D eigenvalue weighted by Crippen LogP contribution is 2.38. The summed E-state index contributed by atoms with van der Waals surface area (Å²) in [5, 5.41) is 14.0. The van der Waals surface area contributed by atoms with Gasteiger partial charge in [0.15, 0.2) is 0 Å². The molecule has 12 heavy (non-hydrogen) atoms. The Morgan fingerprint density at radius 3 is 2.92 bits per heavy atom. The summed E-state index contributed by atoms with van der Waals surface area (Å²) in [6, 6.07) is 2.12. The molecule has 2 rings (SSSR count). The topological polar surface area (TPSA) is 32.6 Å². The lowest BCUT2D eigenvalue weighted by molar-refractivity contribution is 0.310. The average molecular weight is 181 g/mol. The molecule has 1 unspecified atom stereocenters. The van der Waals surface area contributed by atoms with Crippen molar-refractivity contribution in [2.45, 2.75) is 25.7 Å². The van der Waals surface area contributed by atoms with E-state index in [2.05, 4.69) is 23.5 Å². The number of hydrogen-bond acceptors (Lipinski definition) is 3. The predicted molar refractivity (Wildman–Crippen MR) is 50.3 cm³/mol. The Hall–Kier alpha value is -0.830. The molecule has 64 valence electrons. The molecule has 2 nitrogen and oxygen atoms in total. The third-order valence-electron chi connectivity index (χ3n) is 2.44. The molecule has 0 saturated heterocycles. The first-order chi connectivity index (χ1) is 5.83. The predicted octanol–water partition coefficient (Wildman–Crippen LogP) is 2.76. The molecule has 0 aliphatic heterocycles. The number of hydrogen-bond donors (Lipinski definition) is 1. The molecule has 1 aliphatic rings. The molecule has 1 atom stereocenters. The second kappa shape index (κ2) is 2.90. The summed E-state index contributed by atoms with van der Waals surface area (Å²) in [5.41, 5.74) is 2.27. The zero-order valence-electron chi connectivity index (χ0n) is 6.95. The van der Waals surface area contributed by atoms with E-state index in [0.29, 0.717) is 5.92 Å². The van der Waals surface area contributed by atoms with Crippen LogP contribution < -0.4 is 0 Å². The van der Waals surface area contributed by atoms with E-state index in [4.69, 9.17) is 5.21 Å². The highest BCUT2D eigenvalue weighted by molar-refractivity contribution is 7.10. The molecule has 3 heteroatoms. The van der Waals surface area contributed by atoms with Gasteiger partial charge in [0.25, 0.3) is 0 Å². The van der Waals surface area contributed by atoms with E-state index in [1.807, 2.05) is 0 Å². The van der Waals surface area contributed by atoms with E-state index in [1.54, 1.807) is 11.3 Å². The summed E-state index contributed by atoms with van der Waals surface area (Å²) >= 11 is 1.76. The van der Waals surface area contributed by atoms with Crippen molar-refractivity contribution in [2.24, 2.45) is 5.16 Å². The molecule has 1 aromatic heterocycles. The van der Waals surface area contributed by atoms with Crippen LogP contribution in [0.3, 0.4) is 0 Å². The van der Waals surface area contributed by atoms with Crippen LogP contribution in [0.15, 0.2) is 16.6 Å². The number of oxime groups is 1. The van der Waals surface area contributed by atoms with Gasteiger partial charge >= 0.3 is 0 Å². The molecule has 0 aromatic carbocycles. The molecule has 1 saturated carbocycles. The molecule has 0 amide bonds. The molecule has 1 N–H and O–H groups in total. The Morgan fingerprint density at radius 1 is 1.67 bits per heavy atom. The van der Waals surface area contributed by atoms with Crippen molar-refractivity contribution in [3.63, 3.8) is 0 Å². The van der Waals surface area contributed by atoms with Crippen LogP contribution in [0.25, 0.3) is 0 Å². The summed E-state index contributed by atoms with van der Waals surface area (Å²) in [5.74, 6) is 0.412. The molecule has 1 heterocycles. The third kappa shape index (κ3) is 1.05. The normalized spacial score (nSPS) is 25.8. The van der Waals surface area contributed by atoms with E-state index in [9.17, 15) is 0 Å². The summed E-state index contributed by atoms with van der Waals surface area (Å²) in [7, 11) is 0. The highest BCUT2D eigenvalue weighted by atomic mass is 32.1. The molecule has 0 radical (unpaired) electrons. The van der Waals surface area contributed by atoms with Crippen LogP contribution in [0, 0.1) is 6.92 Å². The number of thiophene rings is 1. The van der Waals surface area contributed by atoms with E-state index in [-0.39, 0.29) is 0 Å². The SMILES string of the molecule is Cc1ccsc1C1CC/C1=N/O. The Balaban J connectivity index is 2.27. The first kappa shape index (κ1) is 7.80. The Kier molecular flexibility index (Phi) is 1.89. The molecular weight excluding hydrogens is 170 g/mol. The largest absolute Gasteiger partial charge is 0.411 e.